The molecule has 0 saturated carbocycles. The van der Waals surface area contributed by atoms with Gasteiger partial charge in [0.15, 0.2) is 0 Å². The lowest BCUT2D eigenvalue weighted by Gasteiger charge is -2.03. The number of aromatic nitrogens is 1. The maximum absolute atomic E-state index is 12.0. The molecule has 7 heteroatoms. The number of nitrogens with one attached hydrogen (secondary N) is 1. The minimum atomic E-state index is -3.70. The zero-order chi connectivity index (χ0) is 15.5. The van der Waals surface area contributed by atoms with Crippen molar-refractivity contribution < 1.29 is 8.42 Å². The number of hydrogen-bond donors (Lipinski definition) is 1. The maximum Gasteiger partial charge on any atom is 0.276 e. The molecule has 0 bridgehead atoms. The summed E-state index contributed by atoms with van der Waals surface area (Å²) in [6, 6.07) is 9.45. The molecule has 0 unspecified atom stereocenters. The van der Waals surface area contributed by atoms with Crippen LogP contribution in [0.5, 0.6) is 0 Å². The van der Waals surface area contributed by atoms with Crippen LogP contribution in [0.2, 0.25) is 0 Å². The number of pyridine rings is 1. The lowest BCUT2D eigenvalue weighted by atomic mass is 10.2. The number of rotatable bonds is 4. The van der Waals surface area contributed by atoms with Crippen LogP contribution in [-0.2, 0) is 17.1 Å². The Morgan fingerprint density at radius 3 is 2.48 bits per heavy atom. The number of hydrogen-bond acceptors (Lipinski definition) is 4. The van der Waals surface area contributed by atoms with Crippen LogP contribution in [0.3, 0.4) is 0 Å². The molecule has 0 aliphatic heterocycles. The van der Waals surface area contributed by atoms with E-state index in [4.69, 9.17) is 0 Å². The van der Waals surface area contributed by atoms with Crippen LogP contribution in [0.15, 0.2) is 57.4 Å². The fourth-order valence-corrected chi connectivity index (χ4v) is 2.38. The van der Waals surface area contributed by atoms with Crippen molar-refractivity contribution in [1.29, 1.82) is 0 Å². The first kappa shape index (κ1) is 15.0. The van der Waals surface area contributed by atoms with Gasteiger partial charge in [0.1, 0.15) is 0 Å². The molecule has 0 atom stereocenters. The van der Waals surface area contributed by atoms with Crippen molar-refractivity contribution >= 4 is 16.2 Å². The van der Waals surface area contributed by atoms with Gasteiger partial charge in [0.2, 0.25) is 0 Å². The SMILES string of the molecule is Cc1ccc(S(=O)(=O)N/N=C\c2ccn(C)c(=O)c2)cc1. The number of aryl methyl sites for hydroxylation is 2. The smallest absolute Gasteiger partial charge is 0.276 e. The van der Waals surface area contributed by atoms with E-state index >= 15 is 0 Å². The average molecular weight is 305 g/mol. The molecule has 0 aliphatic rings. The fraction of sp³-hybridized carbons (Fsp3) is 0.143. The summed E-state index contributed by atoms with van der Waals surface area (Å²) in [5, 5.41) is 3.67. The van der Waals surface area contributed by atoms with Crippen molar-refractivity contribution in [2.45, 2.75) is 11.8 Å². The predicted molar refractivity (Wildman–Crippen MR) is 80.8 cm³/mol. The third-order valence-electron chi connectivity index (χ3n) is 2.85. The molecule has 0 radical (unpaired) electrons. The highest BCUT2D eigenvalue weighted by Crippen LogP contribution is 2.09. The summed E-state index contributed by atoms with van der Waals surface area (Å²) >= 11 is 0. The van der Waals surface area contributed by atoms with E-state index < -0.39 is 10.0 Å². The van der Waals surface area contributed by atoms with Gasteiger partial charge in [-0.05, 0) is 25.1 Å². The highest BCUT2D eigenvalue weighted by Gasteiger charge is 2.11. The zero-order valence-electron chi connectivity index (χ0n) is 11.6. The number of nitrogens with zero attached hydrogens (tertiary/aromatic N) is 2. The fourth-order valence-electron chi connectivity index (χ4n) is 1.58. The first-order valence-corrected chi connectivity index (χ1v) is 7.65. The van der Waals surface area contributed by atoms with Gasteiger partial charge in [-0.1, -0.05) is 17.7 Å². The molecule has 2 aromatic rings. The van der Waals surface area contributed by atoms with Crippen molar-refractivity contribution in [2.24, 2.45) is 12.1 Å². The minimum Gasteiger partial charge on any atom is -0.319 e. The molecule has 1 heterocycles. The molecular formula is C14H15N3O3S. The second-order valence-corrected chi connectivity index (χ2v) is 6.24. The van der Waals surface area contributed by atoms with Crippen molar-refractivity contribution in [2.75, 3.05) is 0 Å². The summed E-state index contributed by atoms with van der Waals surface area (Å²) in [5.41, 5.74) is 1.29. The van der Waals surface area contributed by atoms with E-state index in [1.807, 2.05) is 6.92 Å². The Balaban J connectivity index is 2.14. The van der Waals surface area contributed by atoms with Crippen molar-refractivity contribution in [3.63, 3.8) is 0 Å². The molecule has 0 aliphatic carbocycles. The molecular weight excluding hydrogens is 290 g/mol. The van der Waals surface area contributed by atoms with E-state index in [-0.39, 0.29) is 10.5 Å². The van der Waals surface area contributed by atoms with Gasteiger partial charge >= 0.3 is 0 Å². The van der Waals surface area contributed by atoms with Gasteiger partial charge in [-0.25, -0.2) is 4.83 Å². The predicted octanol–water partition coefficient (Wildman–Crippen LogP) is 1.01. The Hall–Kier alpha value is -2.41. The second-order valence-electron chi connectivity index (χ2n) is 4.58. The lowest BCUT2D eigenvalue weighted by molar-refractivity contribution is 0.584. The highest BCUT2D eigenvalue weighted by molar-refractivity contribution is 7.89. The summed E-state index contributed by atoms with van der Waals surface area (Å²) in [4.78, 5) is 13.7. The molecule has 2 rings (SSSR count). The zero-order valence-corrected chi connectivity index (χ0v) is 12.5. The summed E-state index contributed by atoms with van der Waals surface area (Å²) < 4.78 is 25.3. The molecule has 0 spiro atoms. The summed E-state index contributed by atoms with van der Waals surface area (Å²) in [5.74, 6) is 0. The summed E-state index contributed by atoms with van der Waals surface area (Å²) in [6.45, 7) is 1.87. The topological polar surface area (TPSA) is 80.5 Å². The Labute approximate surface area is 122 Å². The van der Waals surface area contributed by atoms with E-state index in [2.05, 4.69) is 9.93 Å². The van der Waals surface area contributed by atoms with Crippen LogP contribution >= 0.6 is 0 Å². The summed E-state index contributed by atoms with van der Waals surface area (Å²) in [6.07, 6.45) is 2.87. The Morgan fingerprint density at radius 2 is 1.86 bits per heavy atom. The van der Waals surface area contributed by atoms with Crippen molar-refractivity contribution in [3.8, 4) is 0 Å². The Bertz CT molecular complexity index is 821. The quantitative estimate of drug-likeness (QED) is 0.676. The Morgan fingerprint density at radius 1 is 1.19 bits per heavy atom. The largest absolute Gasteiger partial charge is 0.319 e. The van der Waals surface area contributed by atoms with Gasteiger partial charge in [0, 0.05) is 24.9 Å². The molecule has 1 aromatic carbocycles. The van der Waals surface area contributed by atoms with Crippen LogP contribution in [0.25, 0.3) is 0 Å². The van der Waals surface area contributed by atoms with Crippen LogP contribution < -0.4 is 10.4 Å². The van der Waals surface area contributed by atoms with E-state index in [1.54, 1.807) is 31.4 Å². The van der Waals surface area contributed by atoms with Crippen LogP contribution in [0.1, 0.15) is 11.1 Å². The molecule has 110 valence electrons. The van der Waals surface area contributed by atoms with Crippen LogP contribution in [0, 0.1) is 6.92 Å². The van der Waals surface area contributed by atoms with Gasteiger partial charge in [0.25, 0.3) is 15.6 Å². The summed E-state index contributed by atoms with van der Waals surface area (Å²) in [7, 11) is -2.07. The standard InChI is InChI=1S/C14H15N3O3S/c1-11-3-5-13(6-4-11)21(19,20)16-15-10-12-7-8-17(2)14(18)9-12/h3-10,16H,1-2H3/b15-10-. The molecule has 6 nitrogen and oxygen atoms in total. The number of hydrazone groups is 1. The molecule has 0 fully saturated rings. The van der Waals surface area contributed by atoms with E-state index in [1.165, 1.54) is 29.0 Å². The number of sulfonamides is 1. The molecule has 0 saturated heterocycles. The number of benzene rings is 1. The lowest BCUT2D eigenvalue weighted by Crippen LogP contribution is -2.19. The van der Waals surface area contributed by atoms with Gasteiger partial charge in [0.05, 0.1) is 11.1 Å². The monoisotopic (exact) mass is 305 g/mol. The van der Waals surface area contributed by atoms with Crippen LogP contribution in [0.4, 0.5) is 0 Å². The van der Waals surface area contributed by atoms with Crippen molar-refractivity contribution in [1.82, 2.24) is 9.40 Å². The maximum atomic E-state index is 12.0. The van der Waals surface area contributed by atoms with E-state index in [9.17, 15) is 13.2 Å². The minimum absolute atomic E-state index is 0.134. The van der Waals surface area contributed by atoms with Gasteiger partial charge in [-0.3, -0.25) is 4.79 Å². The third-order valence-corrected chi connectivity index (χ3v) is 4.08. The molecule has 21 heavy (non-hydrogen) atoms. The third kappa shape index (κ3) is 3.79. The molecule has 1 N–H and O–H groups in total. The van der Waals surface area contributed by atoms with E-state index in [0.717, 1.165) is 5.56 Å². The molecule has 1 aromatic heterocycles. The normalized spacial score (nSPS) is 11.7. The van der Waals surface area contributed by atoms with Gasteiger partial charge in [-0.15, -0.1) is 0 Å². The highest BCUT2D eigenvalue weighted by atomic mass is 32.2. The van der Waals surface area contributed by atoms with Crippen molar-refractivity contribution in [3.05, 3.63) is 64.1 Å². The average Bonchev–Trinajstić information content (AvgIpc) is 2.43. The second kappa shape index (κ2) is 5.92. The Kier molecular flexibility index (Phi) is 4.23. The van der Waals surface area contributed by atoms with E-state index in [0.29, 0.717) is 5.56 Å². The van der Waals surface area contributed by atoms with Gasteiger partial charge in [-0.2, -0.15) is 13.5 Å². The first-order chi connectivity index (χ1) is 9.88. The first-order valence-electron chi connectivity index (χ1n) is 6.17. The molecule has 0 amide bonds. The van der Waals surface area contributed by atoms with Gasteiger partial charge < -0.3 is 4.57 Å². The van der Waals surface area contributed by atoms with Crippen LogP contribution in [-0.4, -0.2) is 19.2 Å².